The van der Waals surface area contributed by atoms with Gasteiger partial charge in [0.15, 0.2) is 0 Å². The lowest BCUT2D eigenvalue weighted by Crippen LogP contribution is -2.46. The minimum absolute atomic E-state index is 0.0488. The summed E-state index contributed by atoms with van der Waals surface area (Å²) in [6.07, 6.45) is 1.82. The van der Waals surface area contributed by atoms with Gasteiger partial charge in [-0.15, -0.1) is 0 Å². The van der Waals surface area contributed by atoms with E-state index in [1.54, 1.807) is 0 Å². The third-order valence-corrected chi connectivity index (χ3v) is 5.91. The first-order chi connectivity index (χ1) is 14.2. The first-order valence-corrected chi connectivity index (χ1v) is 10.1. The Labute approximate surface area is 169 Å². The summed E-state index contributed by atoms with van der Waals surface area (Å²) in [6, 6.07) is 21.5. The maximum absolute atomic E-state index is 13.0. The number of hydrogen-bond acceptors (Lipinski definition) is 3. The first kappa shape index (κ1) is 17.9. The third-order valence-electron chi connectivity index (χ3n) is 5.91. The second-order valence-corrected chi connectivity index (χ2v) is 7.83. The number of anilines is 2. The Morgan fingerprint density at radius 3 is 2.62 bits per heavy atom. The number of nitrogens with zero attached hydrogens (tertiary/aromatic N) is 2. The molecule has 5 heteroatoms. The normalized spacial score (nSPS) is 19.0. The topological polar surface area (TPSA) is 52.7 Å². The molecule has 2 amide bonds. The summed E-state index contributed by atoms with van der Waals surface area (Å²) >= 11 is 0. The number of likely N-dealkylation sites (tertiary alicyclic amines) is 1. The van der Waals surface area contributed by atoms with Crippen molar-refractivity contribution in [3.8, 4) is 0 Å². The van der Waals surface area contributed by atoms with Gasteiger partial charge in [0, 0.05) is 23.2 Å². The number of para-hydroxylation sites is 1. The minimum atomic E-state index is -0.0696. The van der Waals surface area contributed by atoms with Gasteiger partial charge in [-0.2, -0.15) is 0 Å². The monoisotopic (exact) mass is 385 g/mol. The molecular weight excluding hydrogens is 362 g/mol. The molecular formula is C24H23N3O2. The van der Waals surface area contributed by atoms with Gasteiger partial charge in [-0.1, -0.05) is 42.5 Å². The maximum Gasteiger partial charge on any atom is 0.260 e. The molecule has 3 aromatic carbocycles. The molecule has 0 radical (unpaired) electrons. The van der Waals surface area contributed by atoms with E-state index in [0.717, 1.165) is 47.1 Å². The highest BCUT2D eigenvalue weighted by Gasteiger charge is 2.33. The van der Waals surface area contributed by atoms with Gasteiger partial charge >= 0.3 is 0 Å². The summed E-state index contributed by atoms with van der Waals surface area (Å²) in [5.41, 5.74) is 2.57. The molecule has 2 aliphatic rings. The molecule has 0 saturated carbocycles. The van der Waals surface area contributed by atoms with Crippen LogP contribution in [0.25, 0.3) is 10.8 Å². The van der Waals surface area contributed by atoms with Crippen LogP contribution in [0.2, 0.25) is 0 Å². The number of carbonyl (C=O) groups excluding carboxylic acids is 2. The molecule has 0 aromatic heterocycles. The van der Waals surface area contributed by atoms with E-state index >= 15 is 0 Å². The van der Waals surface area contributed by atoms with Crippen molar-refractivity contribution in [1.29, 1.82) is 0 Å². The number of hydrogen-bond donors (Lipinski definition) is 1. The lowest BCUT2D eigenvalue weighted by molar-refractivity contribution is -0.121. The van der Waals surface area contributed by atoms with Crippen molar-refractivity contribution in [3.05, 3.63) is 72.3 Å². The van der Waals surface area contributed by atoms with Crippen LogP contribution in [0.5, 0.6) is 0 Å². The molecule has 1 N–H and O–H groups in total. The van der Waals surface area contributed by atoms with E-state index in [9.17, 15) is 9.59 Å². The Kier molecular flexibility index (Phi) is 4.52. The highest BCUT2D eigenvalue weighted by atomic mass is 16.2. The van der Waals surface area contributed by atoms with E-state index in [4.69, 9.17) is 0 Å². The Morgan fingerprint density at radius 2 is 1.79 bits per heavy atom. The van der Waals surface area contributed by atoms with Gasteiger partial charge in [-0.3, -0.25) is 19.4 Å². The second kappa shape index (κ2) is 7.33. The molecule has 3 aromatic rings. The van der Waals surface area contributed by atoms with Crippen molar-refractivity contribution in [3.63, 3.8) is 0 Å². The van der Waals surface area contributed by atoms with E-state index in [0.29, 0.717) is 13.2 Å². The maximum atomic E-state index is 13.0. The summed E-state index contributed by atoms with van der Waals surface area (Å²) in [7, 11) is 0. The lowest BCUT2D eigenvalue weighted by Gasteiger charge is -2.34. The molecule has 0 unspecified atom stereocenters. The van der Waals surface area contributed by atoms with Gasteiger partial charge < -0.3 is 5.32 Å². The zero-order valence-electron chi connectivity index (χ0n) is 16.2. The fraction of sp³-hybridized carbons (Fsp3) is 0.250. The van der Waals surface area contributed by atoms with Gasteiger partial charge in [0.2, 0.25) is 5.91 Å². The van der Waals surface area contributed by atoms with Crippen LogP contribution in [0, 0.1) is 5.92 Å². The van der Waals surface area contributed by atoms with Crippen LogP contribution in [-0.2, 0) is 4.79 Å². The first-order valence-electron chi connectivity index (χ1n) is 10.1. The van der Waals surface area contributed by atoms with Gasteiger partial charge in [-0.05, 0) is 49.0 Å². The van der Waals surface area contributed by atoms with E-state index in [2.05, 4.69) is 10.2 Å². The summed E-state index contributed by atoms with van der Waals surface area (Å²) < 4.78 is 0. The Hall–Kier alpha value is -3.18. The van der Waals surface area contributed by atoms with Crippen LogP contribution in [0.4, 0.5) is 11.4 Å². The highest BCUT2D eigenvalue weighted by molar-refractivity contribution is 6.24. The molecule has 5 nitrogen and oxygen atoms in total. The largest absolute Gasteiger partial charge is 0.326 e. The zero-order valence-corrected chi connectivity index (χ0v) is 16.2. The number of nitrogens with one attached hydrogen (secondary N) is 1. The van der Waals surface area contributed by atoms with E-state index < -0.39 is 0 Å². The van der Waals surface area contributed by atoms with Gasteiger partial charge in [0.05, 0.1) is 18.3 Å². The molecule has 5 rings (SSSR count). The molecule has 146 valence electrons. The minimum Gasteiger partial charge on any atom is -0.326 e. The van der Waals surface area contributed by atoms with E-state index in [1.807, 2.05) is 71.6 Å². The molecule has 0 bridgehead atoms. The molecule has 0 aliphatic carbocycles. The second-order valence-electron chi connectivity index (χ2n) is 7.83. The standard InChI is InChI=1S/C24H23N3O2/c28-23(25-19-10-2-1-3-11-19)18-9-6-14-26(15-18)16-27-21-13-5-8-17-7-4-12-20(22(17)21)24(27)29/h1-5,7-8,10-13,18H,6,9,14-16H2,(H,25,28)/t18-/m0/s1. The van der Waals surface area contributed by atoms with Crippen molar-refractivity contribution in [1.82, 2.24) is 4.90 Å². The van der Waals surface area contributed by atoms with Crippen molar-refractivity contribution < 1.29 is 9.59 Å². The SMILES string of the molecule is O=C(Nc1ccccc1)[C@H]1CCCN(CN2C(=O)c3cccc4cccc2c34)C1. The van der Waals surface area contributed by atoms with Crippen LogP contribution < -0.4 is 10.2 Å². The van der Waals surface area contributed by atoms with Crippen LogP contribution in [-0.4, -0.2) is 36.5 Å². The predicted molar refractivity (Wildman–Crippen MR) is 115 cm³/mol. The Balaban J connectivity index is 1.31. The molecule has 0 spiro atoms. The highest BCUT2D eigenvalue weighted by Crippen LogP contribution is 2.37. The van der Waals surface area contributed by atoms with E-state index in [1.165, 1.54) is 0 Å². The zero-order chi connectivity index (χ0) is 19.8. The fourth-order valence-electron chi connectivity index (χ4n) is 4.48. The molecule has 1 fully saturated rings. The smallest absolute Gasteiger partial charge is 0.260 e. The van der Waals surface area contributed by atoms with Crippen LogP contribution in [0.3, 0.4) is 0 Å². The third kappa shape index (κ3) is 3.28. The van der Waals surface area contributed by atoms with Crippen molar-refractivity contribution in [2.24, 2.45) is 5.92 Å². The Morgan fingerprint density at radius 1 is 1.00 bits per heavy atom. The predicted octanol–water partition coefficient (Wildman–Crippen LogP) is 4.11. The Bertz CT molecular complexity index is 1070. The molecule has 2 aliphatic heterocycles. The summed E-state index contributed by atoms with van der Waals surface area (Å²) in [5, 5.41) is 5.15. The number of carbonyl (C=O) groups is 2. The summed E-state index contributed by atoms with van der Waals surface area (Å²) in [5.74, 6) is 0.0338. The van der Waals surface area contributed by atoms with Crippen LogP contribution in [0.15, 0.2) is 66.7 Å². The number of benzene rings is 3. The number of rotatable bonds is 4. The van der Waals surface area contributed by atoms with Gasteiger partial charge in [0.1, 0.15) is 0 Å². The average molecular weight is 385 g/mol. The molecule has 1 atom stereocenters. The van der Waals surface area contributed by atoms with Crippen LogP contribution >= 0.6 is 0 Å². The van der Waals surface area contributed by atoms with Gasteiger partial charge in [-0.25, -0.2) is 0 Å². The molecule has 1 saturated heterocycles. The lowest BCUT2D eigenvalue weighted by atomic mass is 9.97. The summed E-state index contributed by atoms with van der Waals surface area (Å²) in [6.45, 7) is 2.07. The van der Waals surface area contributed by atoms with E-state index in [-0.39, 0.29) is 17.7 Å². The fourth-order valence-corrected chi connectivity index (χ4v) is 4.48. The van der Waals surface area contributed by atoms with Crippen molar-refractivity contribution in [2.45, 2.75) is 12.8 Å². The molecule has 29 heavy (non-hydrogen) atoms. The summed E-state index contributed by atoms with van der Waals surface area (Å²) in [4.78, 5) is 29.8. The van der Waals surface area contributed by atoms with Crippen molar-refractivity contribution in [2.75, 3.05) is 30.0 Å². The average Bonchev–Trinajstić information content (AvgIpc) is 3.03. The van der Waals surface area contributed by atoms with Gasteiger partial charge in [0.25, 0.3) is 5.91 Å². The molecule has 2 heterocycles. The number of piperidine rings is 1. The van der Waals surface area contributed by atoms with Crippen molar-refractivity contribution >= 4 is 34.0 Å². The quantitative estimate of drug-likeness (QED) is 0.735. The number of amides is 2. The van der Waals surface area contributed by atoms with Crippen LogP contribution in [0.1, 0.15) is 23.2 Å².